The minimum atomic E-state index is -1.53. The lowest BCUT2D eigenvalue weighted by atomic mass is 10.2. The second-order valence-electron chi connectivity index (χ2n) is 3.75. The van der Waals surface area contributed by atoms with Gasteiger partial charge in [-0.05, 0) is 6.42 Å². The molecular formula is C10H18N2O7. The van der Waals surface area contributed by atoms with Crippen molar-refractivity contribution in [2.75, 3.05) is 13.2 Å². The number of aliphatic hydroxyl groups is 3. The molecule has 0 aromatic carbocycles. The summed E-state index contributed by atoms with van der Waals surface area (Å²) in [5.41, 5.74) is 0. The van der Waals surface area contributed by atoms with Crippen molar-refractivity contribution in [3.8, 4) is 0 Å². The van der Waals surface area contributed by atoms with Crippen LogP contribution in [0.2, 0.25) is 0 Å². The highest BCUT2D eigenvalue weighted by atomic mass is 16.4. The van der Waals surface area contributed by atoms with Gasteiger partial charge in [-0.3, -0.25) is 9.59 Å². The van der Waals surface area contributed by atoms with Gasteiger partial charge in [0.05, 0.1) is 13.2 Å². The Hall–Kier alpha value is -1.71. The highest BCUT2D eigenvalue weighted by Gasteiger charge is 2.26. The predicted octanol–water partition coefficient (Wildman–Crippen LogP) is -3.20. The molecule has 0 bridgehead atoms. The molecule has 19 heavy (non-hydrogen) atoms. The van der Waals surface area contributed by atoms with Crippen molar-refractivity contribution in [2.24, 2.45) is 0 Å². The number of aliphatic carboxylic acids is 1. The molecule has 0 fully saturated rings. The van der Waals surface area contributed by atoms with E-state index in [0.29, 0.717) is 0 Å². The lowest BCUT2D eigenvalue weighted by molar-refractivity contribution is -0.143. The van der Waals surface area contributed by atoms with Crippen LogP contribution in [0.5, 0.6) is 0 Å². The molecule has 0 spiro atoms. The van der Waals surface area contributed by atoms with E-state index < -0.39 is 49.2 Å². The predicted molar refractivity (Wildman–Crippen MR) is 62.0 cm³/mol. The van der Waals surface area contributed by atoms with Gasteiger partial charge in [0.2, 0.25) is 11.8 Å². The Bertz CT molecular complexity index is 334. The number of aliphatic hydroxyl groups excluding tert-OH is 3. The summed E-state index contributed by atoms with van der Waals surface area (Å²) in [5.74, 6) is -3.28. The Labute approximate surface area is 109 Å². The summed E-state index contributed by atoms with van der Waals surface area (Å²) < 4.78 is 0. The van der Waals surface area contributed by atoms with E-state index in [9.17, 15) is 19.5 Å². The average Bonchev–Trinajstić information content (AvgIpc) is 2.39. The van der Waals surface area contributed by atoms with Gasteiger partial charge in [0, 0.05) is 0 Å². The van der Waals surface area contributed by atoms with Crippen LogP contribution in [0.15, 0.2) is 0 Å². The smallest absolute Gasteiger partial charge is 0.328 e. The number of carbonyl (C=O) groups excluding carboxylic acids is 2. The number of carboxylic acids is 1. The van der Waals surface area contributed by atoms with Crippen LogP contribution in [0.25, 0.3) is 0 Å². The van der Waals surface area contributed by atoms with Crippen LogP contribution in [0.4, 0.5) is 0 Å². The van der Waals surface area contributed by atoms with E-state index >= 15 is 0 Å². The van der Waals surface area contributed by atoms with Gasteiger partial charge >= 0.3 is 5.97 Å². The van der Waals surface area contributed by atoms with Crippen molar-refractivity contribution in [3.63, 3.8) is 0 Å². The van der Waals surface area contributed by atoms with Crippen LogP contribution in [0, 0.1) is 0 Å². The Kier molecular flexibility index (Phi) is 7.65. The second-order valence-corrected chi connectivity index (χ2v) is 3.75. The molecule has 0 rings (SSSR count). The topological polar surface area (TPSA) is 156 Å². The molecule has 0 radical (unpaired) electrons. The molecule has 9 nitrogen and oxygen atoms in total. The molecule has 9 heteroatoms. The van der Waals surface area contributed by atoms with Crippen molar-refractivity contribution in [1.82, 2.24) is 10.6 Å². The van der Waals surface area contributed by atoms with E-state index in [1.165, 1.54) is 0 Å². The Morgan fingerprint density at radius 1 is 1.00 bits per heavy atom. The first-order valence-electron chi connectivity index (χ1n) is 5.60. The third kappa shape index (κ3) is 5.64. The number of carbonyl (C=O) groups is 3. The molecule has 0 saturated heterocycles. The third-order valence-corrected chi connectivity index (χ3v) is 2.30. The first-order chi connectivity index (χ1) is 8.87. The van der Waals surface area contributed by atoms with E-state index in [1.54, 1.807) is 6.92 Å². The lowest BCUT2D eigenvalue weighted by Crippen LogP contribution is -2.55. The maximum absolute atomic E-state index is 11.6. The summed E-state index contributed by atoms with van der Waals surface area (Å²) in [5, 5.41) is 39.5. The lowest BCUT2D eigenvalue weighted by Gasteiger charge is -2.19. The summed E-state index contributed by atoms with van der Waals surface area (Å²) in [6, 6.07) is -2.93. The standard InChI is InChI=1S/C10H18N2O7/c1-2-7(15)9(17)11-5(3-13)8(16)12-6(4-14)10(18)19/h5-7,13-15H,2-4H2,1H3,(H,11,17)(H,12,16)(H,18,19)/t5-,6-,7?/m0/s1. The Morgan fingerprint density at radius 3 is 1.84 bits per heavy atom. The summed E-state index contributed by atoms with van der Waals surface area (Å²) in [6.45, 7) is -0.0545. The SMILES string of the molecule is CCC(O)C(=O)N[C@@H](CO)C(=O)N[C@@H](CO)C(=O)O. The van der Waals surface area contributed by atoms with Crippen molar-refractivity contribution >= 4 is 17.8 Å². The number of carboxylic acid groups (broad SMARTS) is 1. The van der Waals surface area contributed by atoms with E-state index in [-0.39, 0.29) is 6.42 Å². The molecule has 6 N–H and O–H groups in total. The van der Waals surface area contributed by atoms with Gasteiger partial charge in [-0.25, -0.2) is 4.79 Å². The van der Waals surface area contributed by atoms with Crippen LogP contribution in [0.1, 0.15) is 13.3 Å². The molecule has 0 heterocycles. The highest BCUT2D eigenvalue weighted by Crippen LogP contribution is 1.93. The number of rotatable bonds is 8. The van der Waals surface area contributed by atoms with Crippen molar-refractivity contribution < 1.29 is 34.8 Å². The zero-order valence-electron chi connectivity index (χ0n) is 10.4. The first kappa shape index (κ1) is 17.3. The molecule has 2 amide bonds. The van der Waals surface area contributed by atoms with Gasteiger partial charge < -0.3 is 31.1 Å². The maximum Gasteiger partial charge on any atom is 0.328 e. The number of hydrogen-bond donors (Lipinski definition) is 6. The van der Waals surface area contributed by atoms with Crippen LogP contribution >= 0.6 is 0 Å². The first-order valence-corrected chi connectivity index (χ1v) is 5.60. The van der Waals surface area contributed by atoms with Gasteiger partial charge in [-0.15, -0.1) is 0 Å². The minimum Gasteiger partial charge on any atom is -0.480 e. The summed E-state index contributed by atoms with van der Waals surface area (Å²) in [7, 11) is 0. The molecule has 0 aliphatic heterocycles. The number of hydrogen-bond acceptors (Lipinski definition) is 6. The fourth-order valence-electron chi connectivity index (χ4n) is 1.11. The zero-order valence-corrected chi connectivity index (χ0v) is 10.4. The summed E-state index contributed by atoms with van der Waals surface area (Å²) in [6.07, 6.45) is -1.20. The number of amides is 2. The highest BCUT2D eigenvalue weighted by molar-refractivity contribution is 5.91. The zero-order chi connectivity index (χ0) is 15.0. The van der Waals surface area contributed by atoms with Crippen LogP contribution < -0.4 is 10.6 Å². The molecule has 110 valence electrons. The fraction of sp³-hybridized carbons (Fsp3) is 0.700. The van der Waals surface area contributed by atoms with Gasteiger partial charge in [-0.1, -0.05) is 6.92 Å². The van der Waals surface area contributed by atoms with Gasteiger partial charge in [0.15, 0.2) is 0 Å². The third-order valence-electron chi connectivity index (χ3n) is 2.30. The van der Waals surface area contributed by atoms with Gasteiger partial charge in [0.25, 0.3) is 0 Å². The minimum absolute atomic E-state index is 0.125. The van der Waals surface area contributed by atoms with E-state index in [0.717, 1.165) is 0 Å². The molecule has 0 aliphatic rings. The number of nitrogens with one attached hydrogen (secondary N) is 2. The second kappa shape index (κ2) is 8.40. The molecule has 0 saturated carbocycles. The quantitative estimate of drug-likeness (QED) is 0.273. The maximum atomic E-state index is 11.6. The van der Waals surface area contributed by atoms with Crippen molar-refractivity contribution in [2.45, 2.75) is 31.5 Å². The fourth-order valence-corrected chi connectivity index (χ4v) is 1.11. The van der Waals surface area contributed by atoms with Crippen LogP contribution in [-0.2, 0) is 14.4 Å². The Balaban J connectivity index is 4.56. The van der Waals surface area contributed by atoms with Gasteiger partial charge in [0.1, 0.15) is 18.2 Å². The van der Waals surface area contributed by atoms with Crippen LogP contribution in [0.3, 0.4) is 0 Å². The normalized spacial score (nSPS) is 15.2. The van der Waals surface area contributed by atoms with E-state index in [1.807, 2.05) is 5.32 Å². The summed E-state index contributed by atoms with van der Waals surface area (Å²) in [4.78, 5) is 33.5. The monoisotopic (exact) mass is 278 g/mol. The van der Waals surface area contributed by atoms with Crippen molar-refractivity contribution in [1.29, 1.82) is 0 Å². The average molecular weight is 278 g/mol. The van der Waals surface area contributed by atoms with E-state index in [2.05, 4.69) is 5.32 Å². The van der Waals surface area contributed by atoms with E-state index in [4.69, 9.17) is 15.3 Å². The Morgan fingerprint density at radius 2 is 1.47 bits per heavy atom. The van der Waals surface area contributed by atoms with Crippen LogP contribution in [-0.4, -0.2) is 69.6 Å². The van der Waals surface area contributed by atoms with Crippen molar-refractivity contribution in [3.05, 3.63) is 0 Å². The molecule has 0 aliphatic carbocycles. The molecule has 1 unspecified atom stereocenters. The molecule has 0 aromatic heterocycles. The molecule has 0 aromatic rings. The molecular weight excluding hydrogens is 260 g/mol. The largest absolute Gasteiger partial charge is 0.480 e. The van der Waals surface area contributed by atoms with Gasteiger partial charge in [-0.2, -0.15) is 0 Å². The summed E-state index contributed by atoms with van der Waals surface area (Å²) >= 11 is 0. The molecule has 3 atom stereocenters.